The molecule has 1 fully saturated rings. The number of hydrogen-bond acceptors (Lipinski definition) is 2. The molecule has 1 aliphatic rings. The quantitative estimate of drug-likeness (QED) is 0.628. The van der Waals surface area contributed by atoms with Gasteiger partial charge >= 0.3 is 0 Å². The molecule has 0 aromatic carbocycles. The van der Waals surface area contributed by atoms with E-state index in [1.165, 1.54) is 41.0 Å². The minimum atomic E-state index is -0.217. The zero-order valence-electron chi connectivity index (χ0n) is 8.66. The van der Waals surface area contributed by atoms with Gasteiger partial charge in [-0.05, 0) is 19.3 Å². The second-order valence-electron chi connectivity index (χ2n) is 4.04. The lowest BCUT2D eigenvalue weighted by Crippen LogP contribution is -3.12. The first-order valence-corrected chi connectivity index (χ1v) is 5.39. The highest BCUT2D eigenvalue weighted by Gasteiger charge is 2.14. The minimum absolute atomic E-state index is 0.132. The molecule has 2 rings (SSSR count). The number of piperidine rings is 1. The lowest BCUT2D eigenvalue weighted by Gasteiger charge is -2.23. The fourth-order valence-corrected chi connectivity index (χ4v) is 2.01. The summed E-state index contributed by atoms with van der Waals surface area (Å²) in [6, 6.07) is 2.59. The van der Waals surface area contributed by atoms with Crippen molar-refractivity contribution in [2.45, 2.75) is 25.9 Å². The van der Waals surface area contributed by atoms with Crippen LogP contribution < -0.4 is 16.0 Å². The van der Waals surface area contributed by atoms with Crippen LogP contribution in [-0.2, 0) is 6.67 Å². The molecule has 1 aromatic rings. The molecule has 0 spiro atoms. The van der Waals surface area contributed by atoms with Crippen LogP contribution >= 0.6 is 0 Å². The Morgan fingerprint density at radius 1 is 1.20 bits per heavy atom. The standard InChI is InChI=1S/C10H15N3O2/c14-9-4-5-10(15)13(11-9)8-12-6-2-1-3-7-12/h4-5H,1-3,6-8H2,(H,11,14)/p+1. The molecule has 0 bridgehead atoms. The third-order valence-corrected chi connectivity index (χ3v) is 2.83. The third kappa shape index (κ3) is 2.56. The summed E-state index contributed by atoms with van der Waals surface area (Å²) in [4.78, 5) is 23.9. The smallest absolute Gasteiger partial charge is 0.269 e. The van der Waals surface area contributed by atoms with Gasteiger partial charge in [-0.1, -0.05) is 0 Å². The molecule has 82 valence electrons. The summed E-state index contributed by atoms with van der Waals surface area (Å²) < 4.78 is 1.41. The van der Waals surface area contributed by atoms with E-state index in [4.69, 9.17) is 0 Å². The van der Waals surface area contributed by atoms with Crippen LogP contribution in [0.25, 0.3) is 0 Å². The lowest BCUT2D eigenvalue weighted by atomic mass is 10.1. The largest absolute Gasteiger partial charge is 0.316 e. The molecule has 0 saturated carbocycles. The fraction of sp³-hybridized carbons (Fsp3) is 0.600. The predicted molar refractivity (Wildman–Crippen MR) is 55.9 cm³/mol. The lowest BCUT2D eigenvalue weighted by molar-refractivity contribution is -0.928. The summed E-state index contributed by atoms with van der Waals surface area (Å²) in [5.41, 5.74) is -0.348. The van der Waals surface area contributed by atoms with Crippen LogP contribution in [0.2, 0.25) is 0 Å². The SMILES string of the molecule is O=c1ccc(=O)n(C[NH+]2CCCCC2)[nH]1. The number of nitrogens with zero attached hydrogens (tertiary/aromatic N) is 1. The normalized spacial score (nSPS) is 17.9. The molecule has 0 unspecified atom stereocenters. The van der Waals surface area contributed by atoms with Gasteiger partial charge in [0.25, 0.3) is 11.1 Å². The van der Waals surface area contributed by atoms with Crippen molar-refractivity contribution in [1.82, 2.24) is 9.78 Å². The van der Waals surface area contributed by atoms with E-state index in [-0.39, 0.29) is 11.1 Å². The van der Waals surface area contributed by atoms with Crippen molar-refractivity contribution in [2.24, 2.45) is 0 Å². The van der Waals surface area contributed by atoms with Crippen molar-refractivity contribution in [3.05, 3.63) is 32.8 Å². The first kappa shape index (κ1) is 10.2. The number of quaternary nitrogens is 1. The fourth-order valence-electron chi connectivity index (χ4n) is 2.01. The number of aromatic nitrogens is 2. The summed E-state index contributed by atoms with van der Waals surface area (Å²) >= 11 is 0. The molecular formula is C10H16N3O2+. The molecule has 2 N–H and O–H groups in total. The second-order valence-corrected chi connectivity index (χ2v) is 4.04. The number of likely N-dealkylation sites (tertiary alicyclic amines) is 1. The summed E-state index contributed by atoms with van der Waals surface area (Å²) in [5, 5.41) is 2.55. The van der Waals surface area contributed by atoms with Gasteiger partial charge in [-0.25, -0.2) is 0 Å². The Kier molecular flexibility index (Phi) is 3.01. The number of nitrogens with one attached hydrogen (secondary N) is 2. The van der Waals surface area contributed by atoms with E-state index < -0.39 is 0 Å². The van der Waals surface area contributed by atoms with Crippen molar-refractivity contribution in [1.29, 1.82) is 0 Å². The second kappa shape index (κ2) is 4.44. The van der Waals surface area contributed by atoms with Gasteiger partial charge < -0.3 is 4.90 Å². The Morgan fingerprint density at radius 3 is 2.67 bits per heavy atom. The maximum atomic E-state index is 11.4. The molecular weight excluding hydrogens is 194 g/mol. The predicted octanol–water partition coefficient (Wildman–Crippen LogP) is -1.44. The molecule has 1 aliphatic heterocycles. The van der Waals surface area contributed by atoms with E-state index in [9.17, 15) is 9.59 Å². The molecule has 2 heterocycles. The van der Waals surface area contributed by atoms with Gasteiger partial charge in [-0.2, -0.15) is 4.68 Å². The average molecular weight is 210 g/mol. The van der Waals surface area contributed by atoms with Gasteiger partial charge in [0, 0.05) is 12.1 Å². The molecule has 5 heteroatoms. The number of H-pyrrole nitrogens is 1. The van der Waals surface area contributed by atoms with Gasteiger partial charge in [0.05, 0.1) is 13.1 Å². The molecule has 0 radical (unpaired) electrons. The highest BCUT2D eigenvalue weighted by Crippen LogP contribution is 1.94. The Hall–Kier alpha value is -1.36. The van der Waals surface area contributed by atoms with Gasteiger partial charge in [0.2, 0.25) is 0 Å². The molecule has 1 aromatic heterocycles. The maximum absolute atomic E-state index is 11.4. The summed E-state index contributed by atoms with van der Waals surface area (Å²) in [6.45, 7) is 2.75. The van der Waals surface area contributed by atoms with E-state index in [0.717, 1.165) is 13.1 Å². The van der Waals surface area contributed by atoms with Gasteiger partial charge in [0.15, 0.2) is 6.67 Å². The minimum Gasteiger partial charge on any atom is -0.316 e. The molecule has 0 atom stereocenters. The highest BCUT2D eigenvalue weighted by atomic mass is 16.1. The highest BCUT2D eigenvalue weighted by molar-refractivity contribution is 4.85. The summed E-state index contributed by atoms with van der Waals surface area (Å²) in [5.74, 6) is 0. The summed E-state index contributed by atoms with van der Waals surface area (Å²) in [7, 11) is 0. The van der Waals surface area contributed by atoms with E-state index in [0.29, 0.717) is 6.67 Å². The van der Waals surface area contributed by atoms with Crippen LogP contribution in [0.1, 0.15) is 19.3 Å². The van der Waals surface area contributed by atoms with Crippen molar-refractivity contribution in [3.8, 4) is 0 Å². The molecule has 0 aliphatic carbocycles. The maximum Gasteiger partial charge on any atom is 0.269 e. The monoisotopic (exact) mass is 210 g/mol. The Labute approximate surface area is 87.3 Å². The first-order chi connectivity index (χ1) is 7.25. The number of rotatable bonds is 2. The van der Waals surface area contributed by atoms with E-state index in [1.54, 1.807) is 0 Å². The van der Waals surface area contributed by atoms with Crippen LogP contribution in [0.4, 0.5) is 0 Å². The van der Waals surface area contributed by atoms with Crippen molar-refractivity contribution < 1.29 is 4.90 Å². The van der Waals surface area contributed by atoms with Crippen LogP contribution in [0.5, 0.6) is 0 Å². The summed E-state index contributed by atoms with van der Waals surface area (Å²) in [6.07, 6.45) is 3.70. The third-order valence-electron chi connectivity index (χ3n) is 2.83. The van der Waals surface area contributed by atoms with E-state index >= 15 is 0 Å². The average Bonchev–Trinajstić information content (AvgIpc) is 2.25. The number of hydrogen-bond donors (Lipinski definition) is 2. The van der Waals surface area contributed by atoms with Gasteiger partial charge in [-0.15, -0.1) is 0 Å². The first-order valence-electron chi connectivity index (χ1n) is 5.39. The van der Waals surface area contributed by atoms with Gasteiger partial charge in [0.1, 0.15) is 0 Å². The van der Waals surface area contributed by atoms with Crippen molar-refractivity contribution in [3.63, 3.8) is 0 Å². The van der Waals surface area contributed by atoms with E-state index in [1.807, 2.05) is 0 Å². The molecule has 15 heavy (non-hydrogen) atoms. The Bertz CT molecular complexity index is 429. The molecule has 1 saturated heterocycles. The zero-order valence-corrected chi connectivity index (χ0v) is 8.66. The zero-order chi connectivity index (χ0) is 10.7. The topological polar surface area (TPSA) is 59.3 Å². The van der Waals surface area contributed by atoms with E-state index in [2.05, 4.69) is 5.10 Å². The van der Waals surface area contributed by atoms with Crippen LogP contribution in [0.3, 0.4) is 0 Å². The Morgan fingerprint density at radius 2 is 1.93 bits per heavy atom. The van der Waals surface area contributed by atoms with Crippen molar-refractivity contribution >= 4 is 0 Å². The molecule has 0 amide bonds. The van der Waals surface area contributed by atoms with Crippen LogP contribution in [-0.4, -0.2) is 22.9 Å². The van der Waals surface area contributed by atoms with Crippen LogP contribution in [0, 0.1) is 0 Å². The van der Waals surface area contributed by atoms with Crippen molar-refractivity contribution in [2.75, 3.05) is 13.1 Å². The molecule has 5 nitrogen and oxygen atoms in total. The van der Waals surface area contributed by atoms with Gasteiger partial charge in [-0.3, -0.25) is 14.7 Å². The number of aromatic amines is 1. The van der Waals surface area contributed by atoms with Crippen LogP contribution in [0.15, 0.2) is 21.7 Å². The Balaban J connectivity index is 2.12.